The lowest BCUT2D eigenvalue weighted by atomic mass is 9.74. The van der Waals surface area contributed by atoms with Crippen molar-refractivity contribution in [3.8, 4) is 0 Å². The van der Waals surface area contributed by atoms with Gasteiger partial charge < -0.3 is 19.7 Å². The number of rotatable bonds is 4. The zero-order valence-electron chi connectivity index (χ0n) is 13.7. The predicted molar refractivity (Wildman–Crippen MR) is 81.2 cm³/mol. The van der Waals surface area contributed by atoms with Gasteiger partial charge in [-0.15, -0.1) is 0 Å². The number of imidazole rings is 1. The average Bonchev–Trinajstić information content (AvgIpc) is 2.97. The maximum absolute atomic E-state index is 14.3. The standard InChI is InChI=1S/C16H23F2N3O3/c1-20-10-7-19-13(20)12(22)11-3-8-21(9-4-11)14(23)16(17,18)15(24)5-2-6-15/h7,10-12,22,24H,2-6,8-9H2,1H3. The summed E-state index contributed by atoms with van der Waals surface area (Å²) < 4.78 is 30.2. The number of nitrogens with zero attached hydrogens (tertiary/aromatic N) is 3. The van der Waals surface area contributed by atoms with Gasteiger partial charge in [-0.3, -0.25) is 4.79 Å². The van der Waals surface area contributed by atoms with E-state index >= 15 is 0 Å². The van der Waals surface area contributed by atoms with Crippen molar-refractivity contribution >= 4 is 5.91 Å². The Labute approximate surface area is 139 Å². The molecule has 1 aromatic heterocycles. The second-order valence-corrected chi connectivity index (χ2v) is 6.93. The van der Waals surface area contributed by atoms with Gasteiger partial charge in [-0.2, -0.15) is 8.78 Å². The Morgan fingerprint density at radius 1 is 1.42 bits per heavy atom. The Kier molecular flexibility index (Phi) is 4.37. The number of carbonyl (C=O) groups is 1. The van der Waals surface area contributed by atoms with Gasteiger partial charge in [0.15, 0.2) is 0 Å². The quantitative estimate of drug-likeness (QED) is 0.862. The predicted octanol–water partition coefficient (Wildman–Crippen LogP) is 1.24. The van der Waals surface area contributed by atoms with Crippen LogP contribution in [0.2, 0.25) is 0 Å². The number of amides is 1. The lowest BCUT2D eigenvalue weighted by Crippen LogP contribution is -2.62. The van der Waals surface area contributed by atoms with Crippen molar-refractivity contribution in [1.29, 1.82) is 0 Å². The molecule has 1 amide bonds. The number of carbonyl (C=O) groups excluding carboxylic acids is 1. The van der Waals surface area contributed by atoms with Crippen LogP contribution in [-0.4, -0.2) is 55.2 Å². The molecule has 2 fully saturated rings. The number of likely N-dealkylation sites (tertiary alicyclic amines) is 1. The van der Waals surface area contributed by atoms with E-state index in [1.807, 2.05) is 0 Å². The van der Waals surface area contributed by atoms with Gasteiger partial charge in [0.05, 0.1) is 0 Å². The van der Waals surface area contributed by atoms with Crippen LogP contribution in [0, 0.1) is 5.92 Å². The number of aromatic nitrogens is 2. The monoisotopic (exact) mass is 343 g/mol. The van der Waals surface area contributed by atoms with E-state index in [2.05, 4.69) is 4.98 Å². The molecule has 1 aromatic rings. The zero-order chi connectivity index (χ0) is 17.5. The molecule has 24 heavy (non-hydrogen) atoms. The third-order valence-corrected chi connectivity index (χ3v) is 5.43. The van der Waals surface area contributed by atoms with Crippen LogP contribution in [0.25, 0.3) is 0 Å². The highest BCUT2D eigenvalue weighted by Gasteiger charge is 2.62. The van der Waals surface area contributed by atoms with E-state index in [-0.39, 0.29) is 31.8 Å². The molecule has 0 spiro atoms. The van der Waals surface area contributed by atoms with Gasteiger partial charge in [-0.25, -0.2) is 4.98 Å². The van der Waals surface area contributed by atoms with Crippen LogP contribution in [0.15, 0.2) is 12.4 Å². The maximum atomic E-state index is 14.3. The summed E-state index contributed by atoms with van der Waals surface area (Å²) in [5, 5.41) is 20.3. The largest absolute Gasteiger partial charge is 0.385 e. The molecule has 1 saturated carbocycles. The summed E-state index contributed by atoms with van der Waals surface area (Å²) in [6, 6.07) is 0. The molecule has 2 heterocycles. The fraction of sp³-hybridized carbons (Fsp3) is 0.750. The number of hydrogen-bond acceptors (Lipinski definition) is 4. The van der Waals surface area contributed by atoms with Crippen molar-refractivity contribution in [2.75, 3.05) is 13.1 Å². The molecule has 1 aliphatic heterocycles. The van der Waals surface area contributed by atoms with Crippen LogP contribution in [0.1, 0.15) is 44.0 Å². The number of piperidine rings is 1. The first-order valence-electron chi connectivity index (χ1n) is 8.31. The normalized spacial score (nSPS) is 23.0. The number of aryl methyl sites for hydroxylation is 1. The SMILES string of the molecule is Cn1ccnc1C(O)C1CCN(C(=O)C(F)(F)C2(O)CCC2)CC1. The Bertz CT molecular complexity index is 607. The van der Waals surface area contributed by atoms with Gasteiger partial charge >= 0.3 is 5.92 Å². The minimum absolute atomic E-state index is 0.0416. The lowest BCUT2D eigenvalue weighted by molar-refractivity contribution is -0.224. The Balaban J connectivity index is 1.61. The van der Waals surface area contributed by atoms with E-state index < -0.39 is 23.5 Å². The summed E-state index contributed by atoms with van der Waals surface area (Å²) in [6.07, 6.45) is 3.83. The number of aliphatic hydroxyl groups is 2. The van der Waals surface area contributed by atoms with Crippen molar-refractivity contribution in [3.05, 3.63) is 18.2 Å². The Hall–Kier alpha value is -1.54. The first-order valence-corrected chi connectivity index (χ1v) is 8.31. The van der Waals surface area contributed by atoms with Crippen LogP contribution in [-0.2, 0) is 11.8 Å². The maximum Gasteiger partial charge on any atom is 0.352 e. The summed E-state index contributed by atoms with van der Waals surface area (Å²) in [6.45, 7) is 0.299. The summed E-state index contributed by atoms with van der Waals surface area (Å²) >= 11 is 0. The molecule has 2 N–H and O–H groups in total. The topological polar surface area (TPSA) is 78.6 Å². The van der Waals surface area contributed by atoms with E-state index in [1.54, 1.807) is 24.0 Å². The van der Waals surface area contributed by atoms with Crippen molar-refractivity contribution in [2.45, 2.75) is 49.7 Å². The lowest BCUT2D eigenvalue weighted by Gasteiger charge is -2.44. The molecule has 6 nitrogen and oxygen atoms in total. The number of alkyl halides is 2. The zero-order valence-corrected chi connectivity index (χ0v) is 13.7. The van der Waals surface area contributed by atoms with Crippen LogP contribution in [0.5, 0.6) is 0 Å². The number of hydrogen-bond donors (Lipinski definition) is 2. The summed E-state index contributed by atoms with van der Waals surface area (Å²) in [5.74, 6) is -4.63. The molecular weight excluding hydrogens is 320 g/mol. The fourth-order valence-corrected chi connectivity index (χ4v) is 3.51. The van der Waals surface area contributed by atoms with Crippen molar-refractivity contribution < 1.29 is 23.8 Å². The van der Waals surface area contributed by atoms with E-state index in [9.17, 15) is 23.8 Å². The molecule has 1 aliphatic carbocycles. The van der Waals surface area contributed by atoms with Crippen LogP contribution in [0.3, 0.4) is 0 Å². The molecule has 134 valence electrons. The summed E-state index contributed by atoms with van der Waals surface area (Å²) in [4.78, 5) is 17.4. The van der Waals surface area contributed by atoms with Gasteiger partial charge in [-0.1, -0.05) is 0 Å². The van der Waals surface area contributed by atoms with Crippen LogP contribution < -0.4 is 0 Å². The Morgan fingerprint density at radius 3 is 2.50 bits per heavy atom. The van der Waals surface area contributed by atoms with Gasteiger partial charge in [0, 0.05) is 32.5 Å². The molecule has 0 aromatic carbocycles. The molecule has 8 heteroatoms. The van der Waals surface area contributed by atoms with E-state index in [4.69, 9.17) is 0 Å². The molecule has 2 aliphatic rings. The van der Waals surface area contributed by atoms with Gasteiger partial charge in [0.25, 0.3) is 5.91 Å². The highest BCUT2D eigenvalue weighted by Crippen LogP contribution is 2.45. The first-order chi connectivity index (χ1) is 11.3. The van der Waals surface area contributed by atoms with Crippen molar-refractivity contribution in [3.63, 3.8) is 0 Å². The number of aliphatic hydroxyl groups excluding tert-OH is 1. The average molecular weight is 343 g/mol. The number of halogens is 2. The van der Waals surface area contributed by atoms with E-state index in [1.165, 1.54) is 0 Å². The summed E-state index contributed by atoms with van der Waals surface area (Å²) in [5.41, 5.74) is -2.19. The second kappa shape index (κ2) is 6.07. The molecular formula is C16H23F2N3O3. The smallest absolute Gasteiger partial charge is 0.352 e. The molecule has 1 atom stereocenters. The Morgan fingerprint density at radius 2 is 2.04 bits per heavy atom. The molecule has 1 saturated heterocycles. The van der Waals surface area contributed by atoms with E-state index in [0.29, 0.717) is 25.1 Å². The van der Waals surface area contributed by atoms with Crippen LogP contribution in [0.4, 0.5) is 8.78 Å². The third-order valence-electron chi connectivity index (χ3n) is 5.43. The van der Waals surface area contributed by atoms with Gasteiger partial charge in [0.1, 0.15) is 17.5 Å². The molecule has 0 bridgehead atoms. The highest BCUT2D eigenvalue weighted by atomic mass is 19.3. The fourth-order valence-electron chi connectivity index (χ4n) is 3.51. The minimum Gasteiger partial charge on any atom is -0.385 e. The molecule has 0 radical (unpaired) electrons. The molecule has 3 rings (SSSR count). The third kappa shape index (κ3) is 2.71. The van der Waals surface area contributed by atoms with Crippen molar-refractivity contribution in [2.24, 2.45) is 13.0 Å². The highest BCUT2D eigenvalue weighted by molar-refractivity contribution is 5.85. The van der Waals surface area contributed by atoms with Crippen LogP contribution >= 0.6 is 0 Å². The van der Waals surface area contributed by atoms with E-state index in [0.717, 1.165) is 4.90 Å². The second-order valence-electron chi connectivity index (χ2n) is 6.93. The van der Waals surface area contributed by atoms with Crippen molar-refractivity contribution in [1.82, 2.24) is 14.5 Å². The minimum atomic E-state index is -3.74. The molecule has 1 unspecified atom stereocenters. The van der Waals surface area contributed by atoms with Gasteiger partial charge in [0.2, 0.25) is 0 Å². The van der Waals surface area contributed by atoms with Gasteiger partial charge in [-0.05, 0) is 38.0 Å². The first kappa shape index (κ1) is 17.3. The summed E-state index contributed by atoms with van der Waals surface area (Å²) in [7, 11) is 1.78.